The Hall–Kier alpha value is -4.06. The lowest BCUT2D eigenvalue weighted by atomic mass is 10.2. The maximum Gasteiger partial charge on any atom is 0.308 e. The van der Waals surface area contributed by atoms with Gasteiger partial charge in [0, 0.05) is 30.9 Å². The van der Waals surface area contributed by atoms with Gasteiger partial charge in [-0.05, 0) is 47.5 Å². The van der Waals surface area contributed by atoms with Crippen molar-refractivity contribution in [3.63, 3.8) is 0 Å². The molecule has 31 heavy (non-hydrogen) atoms. The number of methoxy groups -OCH3 is 1. The van der Waals surface area contributed by atoms with Crippen LogP contribution in [0.4, 0.5) is 11.4 Å². The molecular formula is C25H24N2O4. The number of carbonyl (C=O) groups excluding carboxylic acids is 2. The highest BCUT2D eigenvalue weighted by atomic mass is 16.6. The van der Waals surface area contributed by atoms with Crippen molar-refractivity contribution < 1.29 is 19.1 Å². The largest absolute Gasteiger partial charge is 0.493 e. The van der Waals surface area contributed by atoms with Crippen LogP contribution < -0.4 is 20.1 Å². The fourth-order valence-electron chi connectivity index (χ4n) is 2.89. The first-order valence-corrected chi connectivity index (χ1v) is 9.77. The van der Waals surface area contributed by atoms with Crippen LogP contribution in [0, 0.1) is 0 Å². The molecule has 0 fully saturated rings. The van der Waals surface area contributed by atoms with Crippen LogP contribution in [0.25, 0.3) is 6.08 Å². The van der Waals surface area contributed by atoms with Gasteiger partial charge in [0.15, 0.2) is 11.5 Å². The van der Waals surface area contributed by atoms with Gasteiger partial charge in [0.2, 0.25) is 5.91 Å². The van der Waals surface area contributed by atoms with Crippen LogP contribution in [0.5, 0.6) is 11.5 Å². The van der Waals surface area contributed by atoms with E-state index in [1.54, 1.807) is 24.3 Å². The Labute approximate surface area is 181 Å². The quantitative estimate of drug-likeness (QED) is 0.311. The van der Waals surface area contributed by atoms with Crippen LogP contribution in [0.2, 0.25) is 0 Å². The molecule has 6 nitrogen and oxygen atoms in total. The SMILES string of the molecule is COc1ccc(/C=C/C(=O)Nc2cccc(NCc3ccccc3)c2)cc1OC(C)=O. The van der Waals surface area contributed by atoms with E-state index < -0.39 is 5.97 Å². The van der Waals surface area contributed by atoms with Gasteiger partial charge in [-0.15, -0.1) is 0 Å². The fraction of sp³-hybridized carbons (Fsp3) is 0.120. The van der Waals surface area contributed by atoms with Crippen LogP contribution in [-0.4, -0.2) is 19.0 Å². The van der Waals surface area contributed by atoms with Gasteiger partial charge in [-0.25, -0.2) is 0 Å². The Kier molecular flexibility index (Phi) is 7.43. The topological polar surface area (TPSA) is 76.7 Å². The second-order valence-electron chi connectivity index (χ2n) is 6.75. The molecular weight excluding hydrogens is 392 g/mol. The number of hydrogen-bond acceptors (Lipinski definition) is 5. The standard InChI is InChI=1S/C25H24N2O4/c1-18(28)31-24-15-19(11-13-23(24)30-2)12-14-25(29)27-22-10-6-9-21(16-22)26-17-20-7-4-3-5-8-20/h3-16,26H,17H2,1-2H3,(H,27,29)/b14-12+. The Morgan fingerprint density at radius 1 is 0.903 bits per heavy atom. The highest BCUT2D eigenvalue weighted by Gasteiger charge is 2.07. The fourth-order valence-corrected chi connectivity index (χ4v) is 2.89. The molecule has 0 spiro atoms. The summed E-state index contributed by atoms with van der Waals surface area (Å²) in [5.41, 5.74) is 3.47. The van der Waals surface area contributed by atoms with E-state index in [2.05, 4.69) is 22.8 Å². The van der Waals surface area contributed by atoms with Crippen molar-refractivity contribution in [3.05, 3.63) is 90.0 Å². The predicted octanol–water partition coefficient (Wildman–Crippen LogP) is 4.88. The monoisotopic (exact) mass is 416 g/mol. The molecule has 0 aliphatic carbocycles. The van der Waals surface area contributed by atoms with Crippen LogP contribution >= 0.6 is 0 Å². The molecule has 158 valence electrons. The third kappa shape index (κ3) is 6.75. The zero-order valence-corrected chi connectivity index (χ0v) is 17.4. The van der Waals surface area contributed by atoms with Gasteiger partial charge in [-0.2, -0.15) is 0 Å². The Bertz CT molecular complexity index is 1080. The lowest BCUT2D eigenvalue weighted by molar-refractivity contribution is -0.132. The van der Waals surface area contributed by atoms with Crippen molar-refractivity contribution in [2.45, 2.75) is 13.5 Å². The summed E-state index contributed by atoms with van der Waals surface area (Å²) in [5.74, 6) is 0.0226. The second-order valence-corrected chi connectivity index (χ2v) is 6.75. The maximum atomic E-state index is 12.3. The third-order valence-corrected chi connectivity index (χ3v) is 4.34. The second kappa shape index (κ2) is 10.6. The number of rotatable bonds is 8. The number of anilines is 2. The molecule has 0 aliphatic heterocycles. The molecule has 0 unspecified atom stereocenters. The first kappa shape index (κ1) is 21.6. The number of hydrogen-bond donors (Lipinski definition) is 2. The van der Waals surface area contributed by atoms with Gasteiger partial charge >= 0.3 is 5.97 Å². The molecule has 0 saturated carbocycles. The van der Waals surface area contributed by atoms with Gasteiger partial charge in [-0.1, -0.05) is 42.5 Å². The zero-order valence-electron chi connectivity index (χ0n) is 17.4. The van der Waals surface area contributed by atoms with E-state index >= 15 is 0 Å². The van der Waals surface area contributed by atoms with Crippen molar-refractivity contribution in [3.8, 4) is 11.5 Å². The maximum absolute atomic E-state index is 12.3. The van der Waals surface area contributed by atoms with Crippen LogP contribution in [0.3, 0.4) is 0 Å². The van der Waals surface area contributed by atoms with Crippen LogP contribution in [-0.2, 0) is 16.1 Å². The van der Waals surface area contributed by atoms with E-state index in [1.807, 2.05) is 42.5 Å². The first-order valence-electron chi connectivity index (χ1n) is 9.77. The third-order valence-electron chi connectivity index (χ3n) is 4.34. The highest BCUT2D eigenvalue weighted by Crippen LogP contribution is 2.28. The molecule has 0 aliphatic rings. The Balaban J connectivity index is 1.61. The van der Waals surface area contributed by atoms with Crippen molar-refractivity contribution in [1.29, 1.82) is 0 Å². The van der Waals surface area contributed by atoms with Gasteiger partial charge in [0.25, 0.3) is 0 Å². The minimum atomic E-state index is -0.446. The minimum Gasteiger partial charge on any atom is -0.493 e. The van der Waals surface area contributed by atoms with Gasteiger partial charge in [0.1, 0.15) is 0 Å². The van der Waals surface area contributed by atoms with E-state index in [0.29, 0.717) is 29.3 Å². The number of esters is 1. The molecule has 3 aromatic rings. The van der Waals surface area contributed by atoms with Crippen molar-refractivity contribution >= 4 is 29.3 Å². The molecule has 0 aromatic heterocycles. The normalized spacial score (nSPS) is 10.5. The average molecular weight is 416 g/mol. The van der Waals surface area contributed by atoms with Gasteiger partial charge in [-0.3, -0.25) is 9.59 Å². The summed E-state index contributed by atoms with van der Waals surface area (Å²) in [6.07, 6.45) is 3.06. The summed E-state index contributed by atoms with van der Waals surface area (Å²) in [7, 11) is 1.49. The molecule has 0 radical (unpaired) electrons. The Morgan fingerprint density at radius 2 is 1.68 bits per heavy atom. The van der Waals surface area contributed by atoms with E-state index in [1.165, 1.54) is 25.7 Å². The summed E-state index contributed by atoms with van der Waals surface area (Å²) in [4.78, 5) is 23.6. The molecule has 0 atom stereocenters. The predicted molar refractivity (Wildman–Crippen MR) is 122 cm³/mol. The van der Waals surface area contributed by atoms with E-state index in [-0.39, 0.29) is 5.91 Å². The number of carbonyl (C=O) groups is 2. The van der Waals surface area contributed by atoms with E-state index in [9.17, 15) is 9.59 Å². The number of benzene rings is 3. The molecule has 3 rings (SSSR count). The average Bonchev–Trinajstić information content (AvgIpc) is 2.77. The summed E-state index contributed by atoms with van der Waals surface area (Å²) >= 11 is 0. The van der Waals surface area contributed by atoms with Crippen molar-refractivity contribution in [2.24, 2.45) is 0 Å². The molecule has 0 heterocycles. The Morgan fingerprint density at radius 3 is 2.42 bits per heavy atom. The molecule has 1 amide bonds. The zero-order chi connectivity index (χ0) is 22.1. The number of amides is 1. The molecule has 2 N–H and O–H groups in total. The van der Waals surface area contributed by atoms with Gasteiger partial charge in [0.05, 0.1) is 7.11 Å². The molecule has 6 heteroatoms. The van der Waals surface area contributed by atoms with Gasteiger partial charge < -0.3 is 20.1 Å². The van der Waals surface area contributed by atoms with Crippen molar-refractivity contribution in [2.75, 3.05) is 17.7 Å². The molecule has 3 aromatic carbocycles. The number of ether oxygens (including phenoxy) is 2. The van der Waals surface area contributed by atoms with Crippen molar-refractivity contribution in [1.82, 2.24) is 0 Å². The molecule has 0 bridgehead atoms. The summed E-state index contributed by atoms with van der Waals surface area (Å²) in [5, 5.41) is 6.19. The van der Waals surface area contributed by atoms with Crippen LogP contribution in [0.1, 0.15) is 18.1 Å². The smallest absolute Gasteiger partial charge is 0.308 e. The number of nitrogens with one attached hydrogen (secondary N) is 2. The highest BCUT2D eigenvalue weighted by molar-refractivity contribution is 6.02. The summed E-state index contributed by atoms with van der Waals surface area (Å²) in [6, 6.07) is 22.7. The minimum absolute atomic E-state index is 0.273. The lowest BCUT2D eigenvalue weighted by Crippen LogP contribution is -2.08. The summed E-state index contributed by atoms with van der Waals surface area (Å²) < 4.78 is 10.3. The first-order chi connectivity index (χ1) is 15.0. The van der Waals surface area contributed by atoms with E-state index in [4.69, 9.17) is 9.47 Å². The van der Waals surface area contributed by atoms with E-state index in [0.717, 1.165) is 5.69 Å². The van der Waals surface area contributed by atoms with Crippen LogP contribution in [0.15, 0.2) is 78.9 Å². The lowest BCUT2D eigenvalue weighted by Gasteiger charge is -2.09. The molecule has 0 saturated heterocycles. The summed E-state index contributed by atoms with van der Waals surface area (Å²) in [6.45, 7) is 2.01.